The van der Waals surface area contributed by atoms with Crippen molar-refractivity contribution in [3.8, 4) is 0 Å². The van der Waals surface area contributed by atoms with Gasteiger partial charge in [0.15, 0.2) is 0 Å². The second kappa shape index (κ2) is 4.27. The van der Waals surface area contributed by atoms with E-state index >= 15 is 0 Å². The van der Waals surface area contributed by atoms with Crippen LogP contribution in [0.4, 0.5) is 19.2 Å². The SMILES string of the molecule is CN(CCOC(F)(F)F)c1nnco1. The van der Waals surface area contributed by atoms with Crippen molar-refractivity contribution < 1.29 is 22.3 Å². The molecule has 0 unspecified atom stereocenters. The molecule has 8 heteroatoms. The minimum Gasteiger partial charge on any atom is -0.411 e. The third-order valence-electron chi connectivity index (χ3n) is 1.37. The Hall–Kier alpha value is -1.31. The molecule has 0 amide bonds. The minimum atomic E-state index is -4.60. The fourth-order valence-electron chi connectivity index (χ4n) is 0.728. The first-order valence-electron chi connectivity index (χ1n) is 3.67. The van der Waals surface area contributed by atoms with Crippen LogP contribution in [0.1, 0.15) is 0 Å². The van der Waals surface area contributed by atoms with Gasteiger partial charge in [-0.1, -0.05) is 5.10 Å². The van der Waals surface area contributed by atoms with Gasteiger partial charge in [-0.25, -0.2) is 0 Å². The number of likely N-dealkylation sites (N-methyl/N-ethyl adjacent to an activating group) is 1. The lowest BCUT2D eigenvalue weighted by Gasteiger charge is -2.14. The van der Waals surface area contributed by atoms with Crippen LogP contribution in [0.25, 0.3) is 0 Å². The number of anilines is 1. The second-order valence-electron chi connectivity index (χ2n) is 2.44. The molecule has 0 aromatic carbocycles. The molecule has 0 aliphatic heterocycles. The molecule has 1 aromatic rings. The zero-order chi connectivity index (χ0) is 10.6. The molecule has 0 aliphatic carbocycles. The highest BCUT2D eigenvalue weighted by molar-refractivity contribution is 5.20. The van der Waals surface area contributed by atoms with Crippen LogP contribution in [0.2, 0.25) is 0 Å². The highest BCUT2D eigenvalue weighted by Gasteiger charge is 2.28. The Morgan fingerprint density at radius 2 is 2.29 bits per heavy atom. The predicted octanol–water partition coefficient (Wildman–Crippen LogP) is 1.04. The Morgan fingerprint density at radius 3 is 2.79 bits per heavy atom. The Kier molecular flexibility index (Phi) is 3.28. The molecule has 0 saturated carbocycles. The molecule has 1 rings (SSSR count). The van der Waals surface area contributed by atoms with Gasteiger partial charge in [0.2, 0.25) is 6.39 Å². The van der Waals surface area contributed by atoms with Gasteiger partial charge in [0.05, 0.1) is 6.61 Å². The highest BCUT2D eigenvalue weighted by Crippen LogP contribution is 2.16. The van der Waals surface area contributed by atoms with Gasteiger partial charge in [-0.15, -0.1) is 18.3 Å². The lowest BCUT2D eigenvalue weighted by molar-refractivity contribution is -0.323. The number of hydrogen-bond acceptors (Lipinski definition) is 5. The number of aromatic nitrogens is 2. The molecule has 14 heavy (non-hydrogen) atoms. The lowest BCUT2D eigenvalue weighted by atomic mass is 10.6. The number of ether oxygens (including phenoxy) is 1. The monoisotopic (exact) mass is 211 g/mol. The molecule has 0 saturated heterocycles. The summed E-state index contributed by atoms with van der Waals surface area (Å²) < 4.78 is 43.0. The maximum absolute atomic E-state index is 11.6. The molecule has 5 nitrogen and oxygen atoms in total. The maximum atomic E-state index is 11.6. The molecule has 1 aromatic heterocycles. The third kappa shape index (κ3) is 3.60. The van der Waals surface area contributed by atoms with Gasteiger partial charge in [-0.2, -0.15) is 0 Å². The van der Waals surface area contributed by atoms with Crippen molar-refractivity contribution in [2.24, 2.45) is 0 Å². The number of halogens is 3. The van der Waals surface area contributed by atoms with Gasteiger partial charge >= 0.3 is 12.4 Å². The van der Waals surface area contributed by atoms with E-state index in [0.717, 1.165) is 6.39 Å². The van der Waals surface area contributed by atoms with Crippen molar-refractivity contribution in [1.82, 2.24) is 10.2 Å². The summed E-state index contributed by atoms with van der Waals surface area (Å²) in [7, 11) is 1.52. The number of hydrogen-bond donors (Lipinski definition) is 0. The Balaban J connectivity index is 2.26. The van der Waals surface area contributed by atoms with Crippen molar-refractivity contribution in [1.29, 1.82) is 0 Å². The topological polar surface area (TPSA) is 51.4 Å². The van der Waals surface area contributed by atoms with E-state index in [1.165, 1.54) is 11.9 Å². The third-order valence-corrected chi connectivity index (χ3v) is 1.37. The fourth-order valence-corrected chi connectivity index (χ4v) is 0.728. The lowest BCUT2D eigenvalue weighted by Crippen LogP contribution is -2.26. The zero-order valence-electron chi connectivity index (χ0n) is 7.28. The average molecular weight is 211 g/mol. The van der Waals surface area contributed by atoms with Crippen LogP contribution in [0.3, 0.4) is 0 Å². The van der Waals surface area contributed by atoms with Crippen molar-refractivity contribution in [3.63, 3.8) is 0 Å². The molecule has 0 radical (unpaired) electrons. The molecule has 1 heterocycles. The molecule has 0 atom stereocenters. The van der Waals surface area contributed by atoms with Gasteiger partial charge in [-0.05, 0) is 0 Å². The zero-order valence-corrected chi connectivity index (χ0v) is 7.28. The summed E-state index contributed by atoms with van der Waals surface area (Å²) in [6.45, 7) is -0.468. The first-order chi connectivity index (χ1) is 6.49. The van der Waals surface area contributed by atoms with Crippen molar-refractivity contribution in [2.75, 3.05) is 25.1 Å². The van der Waals surface area contributed by atoms with Crippen LogP contribution in [0.5, 0.6) is 0 Å². The average Bonchev–Trinajstić information content (AvgIpc) is 2.53. The van der Waals surface area contributed by atoms with Gasteiger partial charge in [-0.3, -0.25) is 4.74 Å². The summed E-state index contributed by atoms with van der Waals surface area (Å²) in [5.41, 5.74) is 0. The number of alkyl halides is 3. The van der Waals surface area contributed by atoms with E-state index in [1.807, 2.05) is 0 Å². The van der Waals surface area contributed by atoms with Crippen LogP contribution in [-0.2, 0) is 4.74 Å². The minimum absolute atomic E-state index is 0.0156. The van der Waals surface area contributed by atoms with Crippen LogP contribution >= 0.6 is 0 Å². The van der Waals surface area contributed by atoms with E-state index in [4.69, 9.17) is 4.42 Å². The summed E-state index contributed by atoms with van der Waals surface area (Å²) in [6.07, 6.45) is -3.51. The predicted molar refractivity (Wildman–Crippen MR) is 39.6 cm³/mol. The molecule has 0 bridgehead atoms. The first-order valence-corrected chi connectivity index (χ1v) is 3.67. The smallest absolute Gasteiger partial charge is 0.411 e. The van der Waals surface area contributed by atoms with Crippen molar-refractivity contribution >= 4 is 6.01 Å². The maximum Gasteiger partial charge on any atom is 0.522 e. The number of nitrogens with zero attached hydrogens (tertiary/aromatic N) is 3. The second-order valence-corrected chi connectivity index (χ2v) is 2.44. The molecular weight excluding hydrogens is 203 g/mol. The van der Waals surface area contributed by atoms with Crippen LogP contribution in [-0.4, -0.2) is 36.8 Å². The molecule has 80 valence electrons. The number of rotatable bonds is 4. The van der Waals surface area contributed by atoms with Crippen molar-refractivity contribution in [2.45, 2.75) is 6.36 Å². The van der Waals surface area contributed by atoms with E-state index in [-0.39, 0.29) is 12.6 Å². The molecular formula is C6H8F3N3O2. The summed E-state index contributed by atoms with van der Waals surface area (Å²) in [6, 6.07) is 0.149. The van der Waals surface area contributed by atoms with E-state index in [1.54, 1.807) is 0 Å². The van der Waals surface area contributed by atoms with Gasteiger partial charge < -0.3 is 9.32 Å². The molecule has 0 fully saturated rings. The summed E-state index contributed by atoms with van der Waals surface area (Å²) in [5, 5.41) is 6.88. The van der Waals surface area contributed by atoms with Crippen LogP contribution in [0, 0.1) is 0 Å². The quantitative estimate of drug-likeness (QED) is 0.744. The summed E-state index contributed by atoms with van der Waals surface area (Å²) in [4.78, 5) is 1.36. The van der Waals surface area contributed by atoms with Crippen LogP contribution < -0.4 is 4.90 Å². The Bertz CT molecular complexity index is 262. The fraction of sp³-hybridized carbons (Fsp3) is 0.667. The largest absolute Gasteiger partial charge is 0.522 e. The van der Waals surface area contributed by atoms with Crippen LogP contribution in [0.15, 0.2) is 10.8 Å². The normalized spacial score (nSPS) is 11.7. The van der Waals surface area contributed by atoms with E-state index in [9.17, 15) is 13.2 Å². The van der Waals surface area contributed by atoms with E-state index < -0.39 is 13.0 Å². The highest BCUT2D eigenvalue weighted by atomic mass is 19.4. The first kappa shape index (κ1) is 10.8. The van der Waals surface area contributed by atoms with Gasteiger partial charge in [0.1, 0.15) is 0 Å². The Morgan fingerprint density at radius 1 is 1.57 bits per heavy atom. The summed E-state index contributed by atoms with van der Waals surface area (Å²) >= 11 is 0. The Labute approximate surface area is 77.5 Å². The molecule has 0 N–H and O–H groups in total. The van der Waals surface area contributed by atoms with Crippen molar-refractivity contribution in [3.05, 3.63) is 6.39 Å². The summed E-state index contributed by atoms with van der Waals surface area (Å²) in [5.74, 6) is 0. The molecule has 0 spiro atoms. The van der Waals surface area contributed by atoms with E-state index in [2.05, 4.69) is 14.9 Å². The standard InChI is InChI=1S/C6H8F3N3O2/c1-12(5-11-10-4-13-5)2-3-14-6(7,8)9/h4H,2-3H2,1H3. The van der Waals surface area contributed by atoms with E-state index in [0.29, 0.717) is 0 Å². The molecule has 0 aliphatic rings. The van der Waals surface area contributed by atoms with Gasteiger partial charge in [0.25, 0.3) is 0 Å². The van der Waals surface area contributed by atoms with Gasteiger partial charge in [0, 0.05) is 13.6 Å².